The minimum Gasteiger partial charge on any atom is -0.372 e. The Morgan fingerprint density at radius 3 is 2.32 bits per heavy atom. The summed E-state index contributed by atoms with van der Waals surface area (Å²) >= 11 is 0. The van der Waals surface area contributed by atoms with Crippen molar-refractivity contribution in [1.29, 1.82) is 0 Å². The van der Waals surface area contributed by atoms with E-state index < -0.39 is 12.8 Å². The quantitative estimate of drug-likeness (QED) is 0.750. The highest BCUT2D eigenvalue weighted by Crippen LogP contribution is 2.36. The fourth-order valence-electron chi connectivity index (χ4n) is 2.85. The zero-order valence-corrected chi connectivity index (χ0v) is 11.9. The van der Waals surface area contributed by atoms with Crippen LogP contribution in [0.25, 0.3) is 0 Å². The van der Waals surface area contributed by atoms with Crippen LogP contribution in [0.5, 0.6) is 0 Å². The molecule has 1 fully saturated rings. The molecule has 0 radical (unpaired) electrons. The number of halogens is 3. The second-order valence-corrected chi connectivity index (χ2v) is 6.22. The fraction of sp³-hybridized carbons (Fsp3) is 1.00. The van der Waals surface area contributed by atoms with Crippen LogP contribution in [0.15, 0.2) is 0 Å². The van der Waals surface area contributed by atoms with Gasteiger partial charge in [0.05, 0.1) is 0 Å². The molecule has 0 spiro atoms. The van der Waals surface area contributed by atoms with Gasteiger partial charge in [-0.2, -0.15) is 13.2 Å². The first-order chi connectivity index (χ1) is 8.72. The van der Waals surface area contributed by atoms with Crippen molar-refractivity contribution in [1.82, 2.24) is 0 Å². The van der Waals surface area contributed by atoms with Gasteiger partial charge >= 0.3 is 6.18 Å². The molecule has 0 saturated heterocycles. The van der Waals surface area contributed by atoms with E-state index >= 15 is 0 Å². The topological polar surface area (TPSA) is 35.2 Å². The second kappa shape index (κ2) is 6.93. The summed E-state index contributed by atoms with van der Waals surface area (Å²) in [7, 11) is 0. The van der Waals surface area contributed by atoms with E-state index in [-0.39, 0.29) is 12.1 Å². The third kappa shape index (κ3) is 6.61. The SMILES string of the molecule is CC(C)C1CCC(N)(CCCOCC(F)(F)F)CC1. The van der Waals surface area contributed by atoms with Crippen LogP contribution < -0.4 is 5.73 Å². The van der Waals surface area contributed by atoms with E-state index in [9.17, 15) is 13.2 Å². The average molecular weight is 281 g/mol. The van der Waals surface area contributed by atoms with Crippen molar-refractivity contribution >= 4 is 0 Å². The van der Waals surface area contributed by atoms with Crippen LogP contribution in [0.3, 0.4) is 0 Å². The average Bonchev–Trinajstić information content (AvgIpc) is 2.27. The maximum absolute atomic E-state index is 11.9. The molecule has 5 heteroatoms. The van der Waals surface area contributed by atoms with Gasteiger partial charge in [0.25, 0.3) is 0 Å². The summed E-state index contributed by atoms with van der Waals surface area (Å²) in [6.07, 6.45) is 1.38. The minimum atomic E-state index is -4.23. The molecule has 0 amide bonds. The third-order valence-electron chi connectivity index (χ3n) is 4.20. The van der Waals surface area contributed by atoms with Gasteiger partial charge in [0.15, 0.2) is 0 Å². The van der Waals surface area contributed by atoms with Crippen molar-refractivity contribution < 1.29 is 17.9 Å². The number of rotatable bonds is 6. The molecule has 19 heavy (non-hydrogen) atoms. The fourth-order valence-corrected chi connectivity index (χ4v) is 2.85. The zero-order chi connectivity index (χ0) is 14.5. The summed E-state index contributed by atoms with van der Waals surface area (Å²) in [6, 6.07) is 0. The molecule has 1 aliphatic rings. The molecule has 0 heterocycles. The molecule has 2 N–H and O–H groups in total. The van der Waals surface area contributed by atoms with Gasteiger partial charge in [-0.15, -0.1) is 0 Å². The van der Waals surface area contributed by atoms with Crippen LogP contribution in [0.2, 0.25) is 0 Å². The zero-order valence-electron chi connectivity index (χ0n) is 11.9. The lowest BCUT2D eigenvalue weighted by atomic mass is 9.72. The van der Waals surface area contributed by atoms with E-state index in [2.05, 4.69) is 18.6 Å². The highest BCUT2D eigenvalue weighted by atomic mass is 19.4. The van der Waals surface area contributed by atoms with E-state index in [1.807, 2.05) is 0 Å². The Kier molecular flexibility index (Phi) is 6.12. The van der Waals surface area contributed by atoms with Gasteiger partial charge in [-0.05, 0) is 50.4 Å². The van der Waals surface area contributed by atoms with Crippen LogP contribution in [0.1, 0.15) is 52.4 Å². The van der Waals surface area contributed by atoms with Gasteiger partial charge < -0.3 is 10.5 Å². The molecule has 1 aliphatic carbocycles. The van der Waals surface area contributed by atoms with Crippen molar-refractivity contribution in [3.8, 4) is 0 Å². The Bertz CT molecular complexity index is 258. The number of hydrogen-bond acceptors (Lipinski definition) is 2. The molecule has 0 aromatic heterocycles. The van der Waals surface area contributed by atoms with Crippen LogP contribution >= 0.6 is 0 Å². The highest BCUT2D eigenvalue weighted by molar-refractivity contribution is 4.90. The summed E-state index contributed by atoms with van der Waals surface area (Å²) in [5.41, 5.74) is 6.12. The third-order valence-corrected chi connectivity index (χ3v) is 4.20. The van der Waals surface area contributed by atoms with Crippen LogP contribution in [-0.4, -0.2) is 24.9 Å². The Morgan fingerprint density at radius 1 is 1.26 bits per heavy atom. The van der Waals surface area contributed by atoms with Gasteiger partial charge in [-0.1, -0.05) is 13.8 Å². The van der Waals surface area contributed by atoms with Crippen molar-refractivity contribution in [3.05, 3.63) is 0 Å². The molecule has 1 rings (SSSR count). The van der Waals surface area contributed by atoms with Crippen LogP contribution in [0.4, 0.5) is 13.2 Å². The lowest BCUT2D eigenvalue weighted by Gasteiger charge is -2.38. The summed E-state index contributed by atoms with van der Waals surface area (Å²) in [6.45, 7) is 3.46. The molecule has 0 aromatic rings. The lowest BCUT2D eigenvalue weighted by Crippen LogP contribution is -2.44. The number of nitrogens with two attached hydrogens (primary N) is 1. The van der Waals surface area contributed by atoms with Crippen LogP contribution in [-0.2, 0) is 4.74 Å². The van der Waals surface area contributed by atoms with Crippen molar-refractivity contribution in [2.75, 3.05) is 13.2 Å². The first-order valence-corrected chi connectivity index (χ1v) is 7.15. The largest absolute Gasteiger partial charge is 0.411 e. The first kappa shape index (κ1) is 16.8. The van der Waals surface area contributed by atoms with Crippen molar-refractivity contribution in [2.45, 2.75) is 64.1 Å². The molecular weight excluding hydrogens is 255 g/mol. The summed E-state index contributed by atoms with van der Waals surface area (Å²) in [5.74, 6) is 1.44. The van der Waals surface area contributed by atoms with Gasteiger partial charge in [0.2, 0.25) is 0 Å². The van der Waals surface area contributed by atoms with Gasteiger partial charge in [-0.3, -0.25) is 0 Å². The van der Waals surface area contributed by atoms with E-state index in [1.54, 1.807) is 0 Å². The molecular formula is C14H26F3NO. The predicted molar refractivity (Wildman–Crippen MR) is 69.8 cm³/mol. The Labute approximate surface area is 113 Å². The molecule has 1 saturated carbocycles. The number of ether oxygens (including phenoxy) is 1. The lowest BCUT2D eigenvalue weighted by molar-refractivity contribution is -0.174. The van der Waals surface area contributed by atoms with E-state index in [4.69, 9.17) is 5.73 Å². The molecule has 2 nitrogen and oxygen atoms in total. The number of hydrogen-bond donors (Lipinski definition) is 1. The monoisotopic (exact) mass is 281 g/mol. The van der Waals surface area contributed by atoms with Crippen LogP contribution in [0, 0.1) is 11.8 Å². The molecule has 0 bridgehead atoms. The maximum Gasteiger partial charge on any atom is 0.411 e. The molecule has 0 atom stereocenters. The van der Waals surface area contributed by atoms with Gasteiger partial charge in [-0.25, -0.2) is 0 Å². The summed E-state index contributed by atoms with van der Waals surface area (Å²) in [5, 5.41) is 0. The first-order valence-electron chi connectivity index (χ1n) is 7.15. The van der Waals surface area contributed by atoms with E-state index in [1.165, 1.54) is 0 Å². The van der Waals surface area contributed by atoms with Crippen molar-refractivity contribution in [2.24, 2.45) is 17.6 Å². The summed E-state index contributed by atoms with van der Waals surface area (Å²) < 4.78 is 40.3. The molecule has 0 aromatic carbocycles. The second-order valence-electron chi connectivity index (χ2n) is 6.22. The smallest absolute Gasteiger partial charge is 0.372 e. The Morgan fingerprint density at radius 2 is 1.84 bits per heavy atom. The predicted octanol–water partition coefficient (Wildman–Crippen LogP) is 3.89. The summed E-state index contributed by atoms with van der Waals surface area (Å²) in [4.78, 5) is 0. The van der Waals surface area contributed by atoms with E-state index in [0.717, 1.165) is 38.0 Å². The maximum atomic E-state index is 11.9. The standard InChI is InChI=1S/C14H26F3NO/c1-11(2)12-4-7-13(18,8-5-12)6-3-9-19-10-14(15,16)17/h11-12H,3-10,18H2,1-2H3. The molecule has 114 valence electrons. The van der Waals surface area contributed by atoms with Gasteiger partial charge in [0, 0.05) is 12.1 Å². The van der Waals surface area contributed by atoms with E-state index in [0.29, 0.717) is 12.3 Å². The Hall–Kier alpha value is -0.290. The Balaban J connectivity index is 2.16. The minimum absolute atomic E-state index is 0.145. The molecule has 0 aliphatic heterocycles. The number of alkyl halides is 3. The molecule has 0 unspecified atom stereocenters. The van der Waals surface area contributed by atoms with Gasteiger partial charge in [0.1, 0.15) is 6.61 Å². The highest BCUT2D eigenvalue weighted by Gasteiger charge is 2.32. The van der Waals surface area contributed by atoms with Crippen molar-refractivity contribution in [3.63, 3.8) is 0 Å². The normalized spacial score (nSPS) is 28.9.